The number of nitrogens with one attached hydrogen (secondary N) is 1. The molecular formula is C18H26F2N4O4S. The lowest BCUT2D eigenvalue weighted by molar-refractivity contribution is -0.117. The molecule has 0 bridgehead atoms. The number of carbonyl (C=O) groups is 1. The minimum absolute atomic E-state index is 0.00364. The number of nitrogens with zero attached hydrogens (tertiary/aromatic N) is 3. The molecular weight excluding hydrogens is 406 g/mol. The maximum absolute atomic E-state index is 13.6. The van der Waals surface area contributed by atoms with Crippen molar-refractivity contribution in [3.63, 3.8) is 0 Å². The Kier molecular flexibility index (Phi) is 6.84. The van der Waals surface area contributed by atoms with Gasteiger partial charge in [0.1, 0.15) is 11.6 Å². The summed E-state index contributed by atoms with van der Waals surface area (Å²) in [5.41, 5.74) is -0.0897. The number of benzene rings is 1. The van der Waals surface area contributed by atoms with Gasteiger partial charge in [0.25, 0.3) is 10.2 Å². The van der Waals surface area contributed by atoms with Gasteiger partial charge >= 0.3 is 0 Å². The first-order chi connectivity index (χ1) is 13.6. The summed E-state index contributed by atoms with van der Waals surface area (Å²) >= 11 is 0. The van der Waals surface area contributed by atoms with E-state index in [-0.39, 0.29) is 37.5 Å². The monoisotopic (exact) mass is 432 g/mol. The van der Waals surface area contributed by atoms with Crippen molar-refractivity contribution in [1.82, 2.24) is 13.5 Å². The first-order valence-corrected chi connectivity index (χ1v) is 10.9. The molecule has 2 aliphatic heterocycles. The van der Waals surface area contributed by atoms with Crippen LogP contribution in [0.4, 0.5) is 14.5 Å². The molecule has 1 amide bonds. The van der Waals surface area contributed by atoms with E-state index in [0.717, 1.165) is 12.1 Å². The predicted octanol–water partition coefficient (Wildman–Crippen LogP) is 0.875. The van der Waals surface area contributed by atoms with Gasteiger partial charge in [-0.2, -0.15) is 17.0 Å². The van der Waals surface area contributed by atoms with Gasteiger partial charge in [-0.1, -0.05) is 0 Å². The molecule has 2 atom stereocenters. The molecule has 2 unspecified atom stereocenters. The highest BCUT2D eigenvalue weighted by Gasteiger charge is 2.36. The third kappa shape index (κ3) is 5.48. The minimum atomic E-state index is -3.59. The van der Waals surface area contributed by atoms with Crippen molar-refractivity contribution in [3.05, 3.63) is 29.8 Å². The second-order valence-electron chi connectivity index (χ2n) is 7.43. The van der Waals surface area contributed by atoms with Crippen LogP contribution >= 0.6 is 0 Å². The van der Waals surface area contributed by atoms with Gasteiger partial charge in [-0.3, -0.25) is 9.69 Å². The molecule has 0 aliphatic carbocycles. The fraction of sp³-hybridized carbons (Fsp3) is 0.611. The summed E-state index contributed by atoms with van der Waals surface area (Å²) in [5, 5.41) is 2.41. The SMILES string of the molecule is CC1CN(S(=O)(=O)N2CCN(CC(=O)Nc3ccc(F)cc3F)CC2)CC(C)O1. The Morgan fingerprint density at radius 3 is 2.31 bits per heavy atom. The van der Waals surface area contributed by atoms with E-state index in [1.54, 1.807) is 4.90 Å². The Bertz CT molecular complexity index is 836. The van der Waals surface area contributed by atoms with Gasteiger partial charge in [-0.15, -0.1) is 0 Å². The maximum Gasteiger partial charge on any atom is 0.282 e. The lowest BCUT2D eigenvalue weighted by atomic mass is 10.3. The van der Waals surface area contributed by atoms with Crippen molar-refractivity contribution < 1.29 is 26.7 Å². The average molecular weight is 432 g/mol. The molecule has 0 aromatic heterocycles. The predicted molar refractivity (Wildman–Crippen MR) is 104 cm³/mol. The molecule has 2 aliphatic rings. The van der Waals surface area contributed by atoms with Crippen molar-refractivity contribution in [1.29, 1.82) is 0 Å². The summed E-state index contributed by atoms with van der Waals surface area (Å²) in [5.74, 6) is -2.01. The quantitative estimate of drug-likeness (QED) is 0.747. The van der Waals surface area contributed by atoms with Gasteiger partial charge in [-0.25, -0.2) is 8.78 Å². The summed E-state index contributed by atoms with van der Waals surface area (Å²) in [6, 6.07) is 2.93. The molecule has 162 valence electrons. The van der Waals surface area contributed by atoms with Crippen LogP contribution in [0, 0.1) is 11.6 Å². The van der Waals surface area contributed by atoms with Gasteiger partial charge in [0.2, 0.25) is 5.91 Å². The van der Waals surface area contributed by atoms with Crippen molar-refractivity contribution in [3.8, 4) is 0 Å². The molecule has 2 heterocycles. The Balaban J connectivity index is 1.51. The molecule has 11 heteroatoms. The zero-order valence-electron chi connectivity index (χ0n) is 16.5. The van der Waals surface area contributed by atoms with Crippen LogP contribution in [0.3, 0.4) is 0 Å². The van der Waals surface area contributed by atoms with Gasteiger partial charge in [0.05, 0.1) is 24.4 Å². The Morgan fingerprint density at radius 2 is 1.72 bits per heavy atom. The zero-order valence-corrected chi connectivity index (χ0v) is 17.3. The first kappa shape index (κ1) is 22.0. The van der Waals surface area contributed by atoms with Crippen LogP contribution in [0.1, 0.15) is 13.8 Å². The molecule has 1 N–H and O–H groups in total. The first-order valence-electron chi connectivity index (χ1n) is 9.53. The maximum atomic E-state index is 13.6. The molecule has 1 aromatic carbocycles. The average Bonchev–Trinajstić information content (AvgIpc) is 2.64. The Morgan fingerprint density at radius 1 is 1.10 bits per heavy atom. The van der Waals surface area contributed by atoms with Crippen LogP contribution in [0.5, 0.6) is 0 Å². The number of hydrogen-bond acceptors (Lipinski definition) is 5. The topological polar surface area (TPSA) is 82.2 Å². The second-order valence-corrected chi connectivity index (χ2v) is 9.36. The fourth-order valence-corrected chi connectivity index (χ4v) is 5.33. The van der Waals surface area contributed by atoms with E-state index in [2.05, 4.69) is 5.32 Å². The second kappa shape index (κ2) is 9.00. The van der Waals surface area contributed by atoms with Crippen LogP contribution in [0.2, 0.25) is 0 Å². The number of morpholine rings is 1. The molecule has 2 saturated heterocycles. The molecule has 3 rings (SSSR count). The van der Waals surface area contributed by atoms with Crippen molar-refractivity contribution in [2.75, 3.05) is 51.1 Å². The van der Waals surface area contributed by atoms with E-state index in [4.69, 9.17) is 4.74 Å². The van der Waals surface area contributed by atoms with Gasteiger partial charge in [0.15, 0.2) is 0 Å². The van der Waals surface area contributed by atoms with Crippen molar-refractivity contribution in [2.45, 2.75) is 26.1 Å². The summed E-state index contributed by atoms with van der Waals surface area (Å²) in [6.07, 6.45) is -0.323. The van der Waals surface area contributed by atoms with E-state index in [1.165, 1.54) is 8.61 Å². The van der Waals surface area contributed by atoms with Crippen molar-refractivity contribution >= 4 is 21.8 Å². The third-order valence-electron chi connectivity index (χ3n) is 4.94. The van der Waals surface area contributed by atoms with E-state index in [1.807, 2.05) is 13.8 Å². The highest BCUT2D eigenvalue weighted by molar-refractivity contribution is 7.86. The smallest absolute Gasteiger partial charge is 0.282 e. The molecule has 2 fully saturated rings. The molecule has 0 spiro atoms. The highest BCUT2D eigenvalue weighted by atomic mass is 32.2. The number of ether oxygens (including phenoxy) is 1. The minimum Gasteiger partial charge on any atom is -0.373 e. The normalized spacial score (nSPS) is 25.1. The molecule has 29 heavy (non-hydrogen) atoms. The zero-order chi connectivity index (χ0) is 21.2. The van der Waals surface area contributed by atoms with E-state index in [0.29, 0.717) is 32.2 Å². The molecule has 0 saturated carbocycles. The van der Waals surface area contributed by atoms with E-state index >= 15 is 0 Å². The lowest BCUT2D eigenvalue weighted by Crippen LogP contribution is -2.57. The number of piperazine rings is 1. The van der Waals surface area contributed by atoms with Gasteiger partial charge < -0.3 is 10.1 Å². The standard InChI is InChI=1S/C18H26F2N4O4S/c1-13-10-24(11-14(2)28-13)29(26,27)23-7-5-22(6-8-23)12-18(25)21-17-4-3-15(19)9-16(17)20/h3-4,9,13-14H,5-8,10-12H2,1-2H3,(H,21,25). The molecule has 8 nitrogen and oxygen atoms in total. The van der Waals surface area contributed by atoms with E-state index < -0.39 is 27.8 Å². The summed E-state index contributed by atoms with van der Waals surface area (Å²) in [4.78, 5) is 13.9. The van der Waals surface area contributed by atoms with Crippen molar-refractivity contribution in [2.24, 2.45) is 0 Å². The van der Waals surface area contributed by atoms with Gasteiger partial charge in [-0.05, 0) is 26.0 Å². The highest BCUT2D eigenvalue weighted by Crippen LogP contribution is 2.19. The lowest BCUT2D eigenvalue weighted by Gasteiger charge is -2.40. The van der Waals surface area contributed by atoms with E-state index in [9.17, 15) is 22.0 Å². The Hall–Kier alpha value is -1.66. The summed E-state index contributed by atoms with van der Waals surface area (Å²) in [7, 11) is -3.59. The largest absolute Gasteiger partial charge is 0.373 e. The fourth-order valence-electron chi connectivity index (χ4n) is 3.58. The number of carbonyl (C=O) groups excluding carboxylic acids is 1. The molecule has 0 radical (unpaired) electrons. The van der Waals surface area contributed by atoms with Crippen LogP contribution in [-0.2, 0) is 19.7 Å². The van der Waals surface area contributed by atoms with Gasteiger partial charge in [0, 0.05) is 45.3 Å². The molecule has 1 aromatic rings. The summed E-state index contributed by atoms with van der Waals surface area (Å²) in [6.45, 7) is 5.62. The summed E-state index contributed by atoms with van der Waals surface area (Å²) < 4.78 is 60.8. The van der Waals surface area contributed by atoms with Crippen LogP contribution in [-0.4, -0.2) is 85.9 Å². The van der Waals surface area contributed by atoms with Crippen LogP contribution in [0.15, 0.2) is 18.2 Å². The van der Waals surface area contributed by atoms with Crippen LogP contribution < -0.4 is 5.32 Å². The number of rotatable bonds is 5. The number of halogens is 2. The number of anilines is 1. The van der Waals surface area contributed by atoms with Crippen LogP contribution in [0.25, 0.3) is 0 Å². The third-order valence-corrected chi connectivity index (χ3v) is 6.91. The number of amides is 1. The Labute approximate surface area is 169 Å². The number of hydrogen-bond donors (Lipinski definition) is 1.